The van der Waals surface area contributed by atoms with Crippen LogP contribution in [0.5, 0.6) is 0 Å². The normalized spacial score (nSPS) is 14.5. The average Bonchev–Trinajstić information content (AvgIpc) is 2.72. The SMILES string of the molecule is CO.CO.CO[Si](C)(Cc1ccccc1)O[Si](C)(Cc1ccccc1)OC. The molecule has 2 N–H and O–H groups in total. The molecular formula is C20H34O5Si2. The molecule has 0 spiro atoms. The molecule has 152 valence electrons. The monoisotopic (exact) mass is 410 g/mol. The van der Waals surface area contributed by atoms with Crippen LogP contribution in [-0.2, 0) is 25.1 Å². The van der Waals surface area contributed by atoms with Crippen molar-refractivity contribution in [3.05, 3.63) is 71.8 Å². The summed E-state index contributed by atoms with van der Waals surface area (Å²) >= 11 is 0. The zero-order chi connectivity index (χ0) is 20.8. The highest BCUT2D eigenvalue weighted by molar-refractivity contribution is 6.79. The molecule has 0 aromatic heterocycles. The second-order valence-electron chi connectivity index (χ2n) is 6.10. The first-order chi connectivity index (χ1) is 13.0. The van der Waals surface area contributed by atoms with Crippen LogP contribution in [0.4, 0.5) is 0 Å². The number of aliphatic hydroxyl groups excluding tert-OH is 2. The molecule has 0 radical (unpaired) electrons. The number of benzene rings is 2. The Morgan fingerprint density at radius 3 is 1.19 bits per heavy atom. The second kappa shape index (κ2) is 13.8. The van der Waals surface area contributed by atoms with Crippen LogP contribution in [0.1, 0.15) is 11.1 Å². The maximum Gasteiger partial charge on any atom is 0.330 e. The predicted octanol–water partition coefficient (Wildman–Crippen LogP) is 3.22. The Hall–Kier alpha value is -1.33. The lowest BCUT2D eigenvalue weighted by atomic mass is 10.2. The van der Waals surface area contributed by atoms with Gasteiger partial charge in [-0.05, 0) is 24.2 Å². The Balaban J connectivity index is 0.00000158. The third-order valence-electron chi connectivity index (χ3n) is 4.03. The van der Waals surface area contributed by atoms with Crippen LogP contribution in [-0.4, -0.2) is 55.8 Å². The highest BCUT2D eigenvalue weighted by Crippen LogP contribution is 2.23. The van der Waals surface area contributed by atoms with Crippen molar-refractivity contribution >= 4 is 17.1 Å². The van der Waals surface area contributed by atoms with Crippen LogP contribution < -0.4 is 0 Å². The summed E-state index contributed by atoms with van der Waals surface area (Å²) in [6.45, 7) is 4.24. The van der Waals surface area contributed by atoms with Crippen LogP contribution in [0, 0.1) is 0 Å². The van der Waals surface area contributed by atoms with Gasteiger partial charge in [-0.1, -0.05) is 60.7 Å². The Morgan fingerprint density at radius 2 is 0.926 bits per heavy atom. The average molecular weight is 411 g/mol. The Labute approximate surface area is 166 Å². The van der Waals surface area contributed by atoms with E-state index >= 15 is 0 Å². The van der Waals surface area contributed by atoms with Gasteiger partial charge in [0.05, 0.1) is 0 Å². The molecule has 0 fully saturated rings. The van der Waals surface area contributed by atoms with Crippen molar-refractivity contribution in [3.8, 4) is 0 Å². The van der Waals surface area contributed by atoms with Gasteiger partial charge >= 0.3 is 17.1 Å². The zero-order valence-corrected chi connectivity index (χ0v) is 19.3. The summed E-state index contributed by atoms with van der Waals surface area (Å²) in [4.78, 5) is 0. The maximum absolute atomic E-state index is 7.00. The third-order valence-corrected chi connectivity index (χ3v) is 11.3. The molecule has 2 atom stereocenters. The Morgan fingerprint density at radius 1 is 0.630 bits per heavy atom. The van der Waals surface area contributed by atoms with Crippen molar-refractivity contribution in [2.24, 2.45) is 0 Å². The van der Waals surface area contributed by atoms with E-state index in [4.69, 9.17) is 23.2 Å². The maximum atomic E-state index is 7.00. The largest absolute Gasteiger partial charge is 0.414 e. The third kappa shape index (κ3) is 9.43. The topological polar surface area (TPSA) is 68.2 Å². The van der Waals surface area contributed by atoms with Crippen LogP contribution >= 0.6 is 0 Å². The molecule has 0 bridgehead atoms. The number of hydrogen-bond acceptors (Lipinski definition) is 5. The fourth-order valence-corrected chi connectivity index (χ4v) is 9.83. The molecule has 2 unspecified atom stereocenters. The van der Waals surface area contributed by atoms with Gasteiger partial charge in [-0.2, -0.15) is 0 Å². The molecule has 0 aliphatic carbocycles. The van der Waals surface area contributed by atoms with E-state index in [-0.39, 0.29) is 0 Å². The number of aliphatic hydroxyl groups is 2. The van der Waals surface area contributed by atoms with Crippen molar-refractivity contribution < 1.29 is 23.2 Å². The molecule has 5 nitrogen and oxygen atoms in total. The first-order valence-corrected chi connectivity index (χ1v) is 13.8. The minimum Gasteiger partial charge on any atom is -0.414 e. The molecule has 2 rings (SSSR count). The number of hydrogen-bond donors (Lipinski definition) is 2. The molecule has 27 heavy (non-hydrogen) atoms. The van der Waals surface area contributed by atoms with Gasteiger partial charge in [0.2, 0.25) is 0 Å². The summed E-state index contributed by atoms with van der Waals surface area (Å²) in [6.07, 6.45) is 0. The van der Waals surface area contributed by atoms with Gasteiger partial charge in [0.15, 0.2) is 0 Å². The lowest BCUT2D eigenvalue weighted by Gasteiger charge is -2.35. The van der Waals surface area contributed by atoms with E-state index in [9.17, 15) is 0 Å². The van der Waals surface area contributed by atoms with Crippen LogP contribution in [0.15, 0.2) is 60.7 Å². The van der Waals surface area contributed by atoms with Gasteiger partial charge < -0.3 is 23.2 Å². The standard InChI is InChI=1S/C18H26O3Si2.2CH4O/c1-19-22(3,15-17-11-7-5-8-12-17)21-23(4,20-2)16-18-13-9-6-10-14-18;2*1-2/h5-14H,15-16H2,1-4H3;2*2H,1H3. The lowest BCUT2D eigenvalue weighted by molar-refractivity contribution is 0.239. The van der Waals surface area contributed by atoms with Crippen LogP contribution in [0.3, 0.4) is 0 Å². The van der Waals surface area contributed by atoms with E-state index in [1.165, 1.54) is 11.1 Å². The van der Waals surface area contributed by atoms with E-state index in [1.54, 1.807) is 14.2 Å². The van der Waals surface area contributed by atoms with Crippen molar-refractivity contribution in [2.45, 2.75) is 25.2 Å². The van der Waals surface area contributed by atoms with Gasteiger partial charge in [-0.3, -0.25) is 0 Å². The van der Waals surface area contributed by atoms with Crippen LogP contribution in [0.2, 0.25) is 13.1 Å². The second-order valence-corrected chi connectivity index (χ2v) is 13.0. The number of rotatable bonds is 8. The fraction of sp³-hybridized carbons (Fsp3) is 0.400. The molecule has 0 saturated carbocycles. The molecule has 0 heterocycles. The van der Waals surface area contributed by atoms with Crippen molar-refractivity contribution in [3.63, 3.8) is 0 Å². The van der Waals surface area contributed by atoms with Crippen molar-refractivity contribution in [1.29, 1.82) is 0 Å². The Kier molecular flexibility index (Phi) is 13.1. The van der Waals surface area contributed by atoms with E-state index < -0.39 is 17.1 Å². The molecule has 0 aliphatic rings. The fourth-order valence-electron chi connectivity index (χ4n) is 2.69. The summed E-state index contributed by atoms with van der Waals surface area (Å²) < 4.78 is 18.3. The molecular weight excluding hydrogens is 376 g/mol. The zero-order valence-electron chi connectivity index (χ0n) is 17.3. The molecule has 0 amide bonds. The summed E-state index contributed by atoms with van der Waals surface area (Å²) in [6, 6.07) is 22.4. The molecule has 0 saturated heterocycles. The molecule has 7 heteroatoms. The molecule has 2 aromatic carbocycles. The minimum absolute atomic E-state index is 0.824. The predicted molar refractivity (Wildman–Crippen MR) is 115 cm³/mol. The quantitative estimate of drug-likeness (QED) is 0.654. The van der Waals surface area contributed by atoms with E-state index in [1.807, 2.05) is 12.1 Å². The van der Waals surface area contributed by atoms with Crippen molar-refractivity contribution in [2.75, 3.05) is 28.4 Å². The first kappa shape index (κ1) is 25.7. The van der Waals surface area contributed by atoms with Crippen LogP contribution in [0.25, 0.3) is 0 Å². The lowest BCUT2D eigenvalue weighted by Crippen LogP contribution is -2.54. The van der Waals surface area contributed by atoms with Gasteiger partial charge in [-0.25, -0.2) is 0 Å². The molecule has 2 aromatic rings. The highest BCUT2D eigenvalue weighted by Gasteiger charge is 2.42. The molecule has 0 aliphatic heterocycles. The minimum atomic E-state index is -2.34. The van der Waals surface area contributed by atoms with Gasteiger partial charge in [0.25, 0.3) is 0 Å². The Bertz CT molecular complexity index is 546. The summed E-state index contributed by atoms with van der Waals surface area (Å²) in [5.74, 6) is 0. The van der Waals surface area contributed by atoms with E-state index in [0.29, 0.717) is 0 Å². The highest BCUT2D eigenvalue weighted by atomic mass is 28.5. The van der Waals surface area contributed by atoms with E-state index in [0.717, 1.165) is 26.3 Å². The van der Waals surface area contributed by atoms with Gasteiger partial charge in [-0.15, -0.1) is 0 Å². The van der Waals surface area contributed by atoms with Gasteiger partial charge in [0.1, 0.15) is 0 Å². The summed E-state index contributed by atoms with van der Waals surface area (Å²) in [7, 11) is 0.829. The first-order valence-electron chi connectivity index (χ1n) is 8.76. The van der Waals surface area contributed by atoms with Crippen molar-refractivity contribution in [1.82, 2.24) is 0 Å². The summed E-state index contributed by atoms with van der Waals surface area (Å²) in [5.41, 5.74) is 2.49. The summed E-state index contributed by atoms with van der Waals surface area (Å²) in [5, 5.41) is 14.0. The van der Waals surface area contributed by atoms with E-state index in [2.05, 4.69) is 61.6 Å². The smallest absolute Gasteiger partial charge is 0.330 e. The van der Waals surface area contributed by atoms with Gasteiger partial charge in [0, 0.05) is 40.5 Å².